The van der Waals surface area contributed by atoms with E-state index in [0.29, 0.717) is 5.56 Å². The molecule has 3 aromatic rings. The Hall–Kier alpha value is -3.28. The van der Waals surface area contributed by atoms with Crippen molar-refractivity contribution < 1.29 is 19.4 Å². The van der Waals surface area contributed by atoms with Crippen molar-refractivity contribution in [1.82, 2.24) is 0 Å². The number of amides is 1. The van der Waals surface area contributed by atoms with Crippen LogP contribution in [0.3, 0.4) is 0 Å². The van der Waals surface area contributed by atoms with E-state index in [2.05, 4.69) is 5.32 Å². The molecule has 0 aliphatic carbocycles. The van der Waals surface area contributed by atoms with Crippen molar-refractivity contribution in [1.29, 1.82) is 0 Å². The third-order valence-electron chi connectivity index (χ3n) is 3.83. The summed E-state index contributed by atoms with van der Waals surface area (Å²) in [5.74, 6) is -1.01. The van der Waals surface area contributed by atoms with Crippen molar-refractivity contribution in [2.24, 2.45) is 0 Å². The van der Waals surface area contributed by atoms with E-state index in [1.807, 2.05) is 13.0 Å². The summed E-state index contributed by atoms with van der Waals surface area (Å²) in [6, 6.07) is 11.0. The van der Waals surface area contributed by atoms with Gasteiger partial charge in [-0.2, -0.15) is 0 Å². The minimum absolute atomic E-state index is 0.0328. The van der Waals surface area contributed by atoms with Crippen LogP contribution >= 0.6 is 0 Å². The lowest BCUT2D eigenvalue weighted by molar-refractivity contribution is 0.102. The van der Waals surface area contributed by atoms with E-state index in [0.717, 1.165) is 18.4 Å². The van der Waals surface area contributed by atoms with Gasteiger partial charge in [0.1, 0.15) is 11.3 Å². The average molecular weight is 339 g/mol. The molecule has 0 aliphatic heterocycles. The summed E-state index contributed by atoms with van der Waals surface area (Å²) < 4.78 is 5.06. The molecule has 1 amide bonds. The van der Waals surface area contributed by atoms with E-state index in [1.54, 1.807) is 18.2 Å². The summed E-state index contributed by atoms with van der Waals surface area (Å²) in [7, 11) is 0. The molecular weight excluding hydrogens is 322 g/mol. The van der Waals surface area contributed by atoms with Crippen LogP contribution in [0.15, 0.2) is 51.7 Å². The zero-order chi connectivity index (χ0) is 18.0. The van der Waals surface area contributed by atoms with Crippen LogP contribution in [0, 0.1) is 0 Å². The predicted molar refractivity (Wildman–Crippen MR) is 94.2 cm³/mol. The maximum atomic E-state index is 12.4. The monoisotopic (exact) mass is 339 g/mol. The third-order valence-corrected chi connectivity index (χ3v) is 3.83. The smallest absolute Gasteiger partial charge is 0.364 e. The molecule has 6 heteroatoms. The normalized spacial score (nSPS) is 10.8. The number of carbonyl (C=O) groups excluding carboxylic acids is 1. The van der Waals surface area contributed by atoms with E-state index in [4.69, 9.17) is 4.42 Å². The van der Waals surface area contributed by atoms with Gasteiger partial charge in [-0.1, -0.05) is 25.5 Å². The number of phenols is 1. The second-order valence-electron chi connectivity index (χ2n) is 5.70. The van der Waals surface area contributed by atoms with Crippen molar-refractivity contribution in [3.05, 3.63) is 64.0 Å². The van der Waals surface area contributed by atoms with Crippen LogP contribution in [0.4, 0.5) is 5.69 Å². The largest absolute Gasteiger partial charge is 0.508 e. The summed E-state index contributed by atoms with van der Waals surface area (Å²) in [5, 5.41) is 22.4. The lowest BCUT2D eigenvalue weighted by atomic mass is 10.1. The number of hydrogen-bond donors (Lipinski definition) is 3. The molecule has 2 aromatic carbocycles. The molecule has 0 fully saturated rings. The third kappa shape index (κ3) is 3.33. The molecule has 0 saturated carbocycles. The Labute approximate surface area is 143 Å². The highest BCUT2D eigenvalue weighted by atomic mass is 16.4. The van der Waals surface area contributed by atoms with Crippen LogP contribution in [0.5, 0.6) is 11.5 Å². The fourth-order valence-corrected chi connectivity index (χ4v) is 2.63. The molecule has 0 atom stereocenters. The first-order chi connectivity index (χ1) is 12.0. The summed E-state index contributed by atoms with van der Waals surface area (Å²) in [5.41, 5.74) is 0.208. The van der Waals surface area contributed by atoms with Crippen molar-refractivity contribution in [2.75, 3.05) is 5.32 Å². The lowest BCUT2D eigenvalue weighted by Crippen LogP contribution is -2.18. The van der Waals surface area contributed by atoms with Gasteiger partial charge in [0.05, 0.1) is 5.39 Å². The Kier molecular flexibility index (Phi) is 4.43. The molecular formula is C19H17NO5. The molecule has 3 N–H and O–H groups in total. The Morgan fingerprint density at radius 2 is 1.96 bits per heavy atom. The van der Waals surface area contributed by atoms with Gasteiger partial charge in [-0.05, 0) is 36.2 Å². The molecule has 0 saturated heterocycles. The second kappa shape index (κ2) is 6.68. The predicted octanol–water partition coefficient (Wildman–Crippen LogP) is 3.41. The van der Waals surface area contributed by atoms with Crippen molar-refractivity contribution in [3.8, 4) is 11.5 Å². The van der Waals surface area contributed by atoms with Crippen LogP contribution in [0.2, 0.25) is 0 Å². The number of aromatic hydroxyl groups is 2. The lowest BCUT2D eigenvalue weighted by Gasteiger charge is -2.09. The van der Waals surface area contributed by atoms with Gasteiger partial charge >= 0.3 is 5.63 Å². The van der Waals surface area contributed by atoms with Crippen molar-refractivity contribution >= 4 is 22.6 Å². The summed E-state index contributed by atoms with van der Waals surface area (Å²) in [6.07, 6.45) is 1.79. The number of carbonyl (C=O) groups is 1. The molecule has 0 unspecified atom stereocenters. The number of fused-ring (bicyclic) bond motifs is 1. The topological polar surface area (TPSA) is 99.8 Å². The fourth-order valence-electron chi connectivity index (χ4n) is 2.63. The molecule has 1 aromatic heterocycles. The molecule has 25 heavy (non-hydrogen) atoms. The van der Waals surface area contributed by atoms with Crippen LogP contribution in [-0.2, 0) is 6.42 Å². The number of anilines is 1. The summed E-state index contributed by atoms with van der Waals surface area (Å²) in [4.78, 5) is 24.5. The number of phenolic OH excluding ortho intramolecular Hbond substituents is 1. The highest BCUT2D eigenvalue weighted by Gasteiger charge is 2.17. The average Bonchev–Trinajstić information content (AvgIpc) is 2.58. The molecule has 0 radical (unpaired) electrons. The van der Waals surface area contributed by atoms with Gasteiger partial charge in [0, 0.05) is 11.6 Å². The van der Waals surface area contributed by atoms with E-state index in [9.17, 15) is 19.8 Å². The molecule has 128 valence electrons. The van der Waals surface area contributed by atoms with Gasteiger partial charge in [-0.3, -0.25) is 4.79 Å². The van der Waals surface area contributed by atoms with E-state index in [-0.39, 0.29) is 22.4 Å². The maximum Gasteiger partial charge on any atom is 0.364 e. The van der Waals surface area contributed by atoms with Crippen molar-refractivity contribution in [3.63, 3.8) is 0 Å². The van der Waals surface area contributed by atoms with Gasteiger partial charge in [0.2, 0.25) is 0 Å². The highest BCUT2D eigenvalue weighted by Crippen LogP contribution is 2.31. The first-order valence-corrected chi connectivity index (χ1v) is 7.88. The molecule has 6 nitrogen and oxygen atoms in total. The number of rotatable bonds is 4. The van der Waals surface area contributed by atoms with Gasteiger partial charge in [0.15, 0.2) is 11.4 Å². The maximum absolute atomic E-state index is 12.4. The number of aryl methyl sites for hydroxylation is 1. The summed E-state index contributed by atoms with van der Waals surface area (Å²) in [6.45, 7) is 2.04. The van der Waals surface area contributed by atoms with Crippen LogP contribution in [0.1, 0.15) is 29.3 Å². The van der Waals surface area contributed by atoms with E-state index in [1.165, 1.54) is 18.2 Å². The van der Waals surface area contributed by atoms with Crippen LogP contribution in [0.25, 0.3) is 11.0 Å². The van der Waals surface area contributed by atoms with Gasteiger partial charge in [-0.15, -0.1) is 0 Å². The Morgan fingerprint density at radius 1 is 1.16 bits per heavy atom. The minimum Gasteiger partial charge on any atom is -0.508 e. The molecule has 1 heterocycles. The van der Waals surface area contributed by atoms with E-state index >= 15 is 0 Å². The number of hydrogen-bond acceptors (Lipinski definition) is 5. The van der Waals surface area contributed by atoms with Gasteiger partial charge in [-0.25, -0.2) is 4.79 Å². The quantitative estimate of drug-likeness (QED) is 0.633. The Balaban J connectivity index is 1.97. The number of benzene rings is 2. The van der Waals surface area contributed by atoms with Crippen LogP contribution < -0.4 is 10.9 Å². The molecule has 3 rings (SSSR count). The first-order valence-electron chi connectivity index (χ1n) is 7.88. The first kappa shape index (κ1) is 16.6. The van der Waals surface area contributed by atoms with Crippen LogP contribution in [-0.4, -0.2) is 16.1 Å². The van der Waals surface area contributed by atoms with E-state index < -0.39 is 17.3 Å². The SMILES string of the molecule is CCCc1cccc(C(=O)Nc2c(O)c3ccc(O)cc3oc2=O)c1. The molecule has 0 bridgehead atoms. The fraction of sp³-hybridized carbons (Fsp3) is 0.158. The molecule has 0 aliphatic rings. The molecule has 0 spiro atoms. The Morgan fingerprint density at radius 3 is 2.72 bits per heavy atom. The number of nitrogens with one attached hydrogen (secondary N) is 1. The Bertz CT molecular complexity index is 1010. The standard InChI is InChI=1S/C19H17NO5/c1-2-4-11-5-3-6-12(9-11)18(23)20-16-17(22)14-8-7-13(21)10-15(14)25-19(16)24/h3,5-10,21-22H,2,4H2,1H3,(H,20,23). The second-order valence-corrected chi connectivity index (χ2v) is 5.70. The highest BCUT2D eigenvalue weighted by molar-refractivity contribution is 6.06. The zero-order valence-corrected chi connectivity index (χ0v) is 13.6. The van der Waals surface area contributed by atoms with Gasteiger partial charge in [0.25, 0.3) is 5.91 Å². The zero-order valence-electron chi connectivity index (χ0n) is 13.6. The minimum atomic E-state index is -0.895. The van der Waals surface area contributed by atoms with Crippen molar-refractivity contribution in [2.45, 2.75) is 19.8 Å². The van der Waals surface area contributed by atoms with Gasteiger partial charge < -0.3 is 19.9 Å². The summed E-state index contributed by atoms with van der Waals surface area (Å²) >= 11 is 0.